The number of aryl methyl sites for hydroxylation is 1. The van der Waals surface area contributed by atoms with Gasteiger partial charge in [0.05, 0.1) is 11.3 Å². The van der Waals surface area contributed by atoms with Crippen LogP contribution < -0.4 is 5.32 Å². The largest absolute Gasteiger partial charge is 0.351 e. The van der Waals surface area contributed by atoms with E-state index in [0.717, 1.165) is 30.9 Å². The Hall–Kier alpha value is -1.14. The molecule has 150 valence electrons. The Morgan fingerprint density at radius 1 is 1.30 bits per heavy atom. The molecule has 1 aromatic rings. The Morgan fingerprint density at radius 2 is 2.00 bits per heavy atom. The molecule has 7 heteroatoms. The summed E-state index contributed by atoms with van der Waals surface area (Å²) < 4.78 is 24.2. The maximum atomic E-state index is 12.5. The van der Waals surface area contributed by atoms with Crippen LogP contribution in [0, 0.1) is 24.2 Å². The number of carbonyl (C=O) groups excluding carboxylic acids is 1. The summed E-state index contributed by atoms with van der Waals surface area (Å²) in [6, 6.07) is 3.48. The number of carbonyl (C=O) groups is 1. The van der Waals surface area contributed by atoms with Crippen molar-refractivity contribution in [1.29, 1.82) is 0 Å². The van der Waals surface area contributed by atoms with E-state index >= 15 is 0 Å². The minimum absolute atomic E-state index is 0.0355. The second-order valence-corrected chi connectivity index (χ2v) is 11.1. The molecule has 27 heavy (non-hydrogen) atoms. The zero-order valence-electron chi connectivity index (χ0n) is 16.1. The van der Waals surface area contributed by atoms with E-state index in [0.29, 0.717) is 18.5 Å². The number of halogens is 1. The lowest BCUT2D eigenvalue weighted by Gasteiger charge is -2.48. The van der Waals surface area contributed by atoms with Gasteiger partial charge < -0.3 is 5.32 Å². The third kappa shape index (κ3) is 5.44. The van der Waals surface area contributed by atoms with Gasteiger partial charge in [0, 0.05) is 18.0 Å². The van der Waals surface area contributed by atoms with Crippen LogP contribution in [0.25, 0.3) is 0 Å². The fourth-order valence-electron chi connectivity index (χ4n) is 4.41. The number of aromatic nitrogens is 1. The van der Waals surface area contributed by atoms with Crippen LogP contribution >= 0.6 is 11.6 Å². The molecule has 0 aromatic carbocycles. The summed E-state index contributed by atoms with van der Waals surface area (Å²) in [5.41, 5.74) is 1.20. The highest BCUT2D eigenvalue weighted by Crippen LogP contribution is 2.53. The first-order valence-electron chi connectivity index (χ1n) is 9.84. The van der Waals surface area contributed by atoms with Gasteiger partial charge in [-0.1, -0.05) is 31.4 Å². The van der Waals surface area contributed by atoms with Crippen LogP contribution in [0.3, 0.4) is 0 Å². The SMILES string of the molecule is CCCS(=O)(=O)C[C@H]1C[C@](CNC(=O)c2ccc(C)nc2Cl)(CC2CC2)C1. The fourth-order valence-corrected chi connectivity index (χ4v) is 6.44. The molecule has 0 radical (unpaired) electrons. The second kappa shape index (κ2) is 8.08. The molecule has 2 saturated carbocycles. The first-order chi connectivity index (χ1) is 12.7. The molecule has 1 heterocycles. The maximum absolute atomic E-state index is 12.5. The van der Waals surface area contributed by atoms with Crippen molar-refractivity contribution >= 4 is 27.3 Å². The summed E-state index contributed by atoms with van der Waals surface area (Å²) in [5, 5.41) is 3.25. The minimum atomic E-state index is -2.95. The molecular formula is C20H29ClN2O3S. The zero-order chi connectivity index (χ0) is 19.7. The van der Waals surface area contributed by atoms with Crippen LogP contribution in [0.5, 0.6) is 0 Å². The van der Waals surface area contributed by atoms with Gasteiger partial charge >= 0.3 is 0 Å². The summed E-state index contributed by atoms with van der Waals surface area (Å²) in [6.07, 6.45) is 6.02. The van der Waals surface area contributed by atoms with Gasteiger partial charge in [0.2, 0.25) is 0 Å². The lowest BCUT2D eigenvalue weighted by Crippen LogP contribution is -2.48. The molecule has 1 aromatic heterocycles. The van der Waals surface area contributed by atoms with Crippen molar-refractivity contribution in [1.82, 2.24) is 10.3 Å². The maximum Gasteiger partial charge on any atom is 0.254 e. The molecule has 0 aliphatic heterocycles. The van der Waals surface area contributed by atoms with Crippen LogP contribution in [-0.4, -0.2) is 37.4 Å². The average molecular weight is 413 g/mol. The van der Waals surface area contributed by atoms with Crippen LogP contribution in [0.1, 0.15) is 61.5 Å². The number of nitrogens with zero attached hydrogens (tertiary/aromatic N) is 1. The Labute approximate surface area is 167 Å². The van der Waals surface area contributed by atoms with Gasteiger partial charge in [0.1, 0.15) is 5.15 Å². The highest BCUT2D eigenvalue weighted by Gasteiger charge is 2.48. The Kier molecular flexibility index (Phi) is 6.16. The second-order valence-electron chi connectivity index (χ2n) is 8.51. The van der Waals surface area contributed by atoms with Gasteiger partial charge in [-0.3, -0.25) is 4.79 Å². The minimum Gasteiger partial charge on any atom is -0.351 e. The van der Waals surface area contributed by atoms with Gasteiger partial charge in [0.25, 0.3) is 5.91 Å². The number of hydrogen-bond acceptors (Lipinski definition) is 4. The smallest absolute Gasteiger partial charge is 0.254 e. The molecule has 0 saturated heterocycles. The summed E-state index contributed by atoms with van der Waals surface area (Å²) >= 11 is 6.10. The molecule has 0 spiro atoms. The van der Waals surface area contributed by atoms with Gasteiger partial charge in [-0.05, 0) is 62.0 Å². The first kappa shape index (κ1) is 20.6. The zero-order valence-corrected chi connectivity index (χ0v) is 17.7. The molecule has 2 fully saturated rings. The van der Waals surface area contributed by atoms with Gasteiger partial charge in [-0.25, -0.2) is 13.4 Å². The highest BCUT2D eigenvalue weighted by molar-refractivity contribution is 7.91. The number of amides is 1. The third-order valence-electron chi connectivity index (χ3n) is 5.72. The van der Waals surface area contributed by atoms with Crippen molar-refractivity contribution in [2.24, 2.45) is 17.3 Å². The molecule has 0 bridgehead atoms. The third-order valence-corrected chi connectivity index (χ3v) is 8.02. The van der Waals surface area contributed by atoms with Gasteiger partial charge in [0.15, 0.2) is 9.84 Å². The topological polar surface area (TPSA) is 76.1 Å². The van der Waals surface area contributed by atoms with Crippen molar-refractivity contribution in [3.63, 3.8) is 0 Å². The van der Waals surface area contributed by atoms with E-state index in [4.69, 9.17) is 11.6 Å². The quantitative estimate of drug-likeness (QED) is 0.626. The lowest BCUT2D eigenvalue weighted by molar-refractivity contribution is 0.0475. The fraction of sp³-hybridized carbons (Fsp3) is 0.700. The van der Waals surface area contributed by atoms with E-state index in [1.54, 1.807) is 12.1 Å². The summed E-state index contributed by atoms with van der Waals surface area (Å²) in [4.78, 5) is 16.7. The summed E-state index contributed by atoms with van der Waals surface area (Å²) in [5.74, 6) is 1.32. The van der Waals surface area contributed by atoms with Crippen LogP contribution in [0.15, 0.2) is 12.1 Å². The predicted molar refractivity (Wildman–Crippen MR) is 108 cm³/mol. The van der Waals surface area contributed by atoms with Crippen LogP contribution in [-0.2, 0) is 9.84 Å². The lowest BCUT2D eigenvalue weighted by atomic mass is 9.60. The van der Waals surface area contributed by atoms with Gasteiger partial charge in [-0.2, -0.15) is 0 Å². The normalized spacial score (nSPS) is 25.1. The van der Waals surface area contributed by atoms with E-state index in [2.05, 4.69) is 10.3 Å². The molecule has 0 atom stereocenters. The van der Waals surface area contributed by atoms with E-state index in [-0.39, 0.29) is 33.9 Å². The molecule has 5 nitrogen and oxygen atoms in total. The first-order valence-corrected chi connectivity index (χ1v) is 12.0. The van der Waals surface area contributed by atoms with Crippen LogP contribution in [0.2, 0.25) is 5.15 Å². The van der Waals surface area contributed by atoms with Crippen LogP contribution in [0.4, 0.5) is 0 Å². The molecule has 2 aliphatic rings. The molecule has 1 amide bonds. The number of pyridine rings is 1. The van der Waals surface area contributed by atoms with Crippen molar-refractivity contribution in [2.45, 2.75) is 52.4 Å². The Bertz CT molecular complexity index is 799. The summed E-state index contributed by atoms with van der Waals surface area (Å²) in [7, 11) is -2.95. The molecular weight excluding hydrogens is 384 g/mol. The molecule has 3 rings (SSSR count). The number of nitrogens with one attached hydrogen (secondary N) is 1. The molecule has 1 N–H and O–H groups in total. The summed E-state index contributed by atoms with van der Waals surface area (Å²) in [6.45, 7) is 4.31. The van der Waals surface area contributed by atoms with E-state index < -0.39 is 9.84 Å². The molecule has 0 unspecified atom stereocenters. The number of hydrogen-bond donors (Lipinski definition) is 1. The van der Waals surface area contributed by atoms with Crippen molar-refractivity contribution in [2.75, 3.05) is 18.1 Å². The highest BCUT2D eigenvalue weighted by atomic mass is 35.5. The average Bonchev–Trinajstić information content (AvgIpc) is 3.34. The Balaban J connectivity index is 1.59. The van der Waals surface area contributed by atoms with Crippen molar-refractivity contribution in [3.8, 4) is 0 Å². The number of rotatable bonds is 9. The number of sulfone groups is 1. The standard InChI is InChI=1S/C20H29ClN2O3S/c1-3-8-27(25,26)12-16-10-20(11-16,9-15-5-6-15)13-22-19(24)17-7-4-14(2)23-18(17)21/h4,7,15-16H,3,5-6,8-13H2,1-2H3,(H,22,24)/t16-,20+. The van der Waals surface area contributed by atoms with Crippen molar-refractivity contribution < 1.29 is 13.2 Å². The van der Waals surface area contributed by atoms with Crippen molar-refractivity contribution in [3.05, 3.63) is 28.5 Å². The predicted octanol–water partition coefficient (Wildman–Crippen LogP) is 3.79. The van der Waals surface area contributed by atoms with E-state index in [1.165, 1.54) is 12.8 Å². The molecule has 2 aliphatic carbocycles. The Morgan fingerprint density at radius 3 is 2.59 bits per heavy atom. The van der Waals surface area contributed by atoms with Gasteiger partial charge in [-0.15, -0.1) is 0 Å². The van der Waals surface area contributed by atoms with E-state index in [9.17, 15) is 13.2 Å². The van der Waals surface area contributed by atoms with E-state index in [1.807, 2.05) is 13.8 Å². The monoisotopic (exact) mass is 412 g/mol.